The van der Waals surface area contributed by atoms with Crippen molar-refractivity contribution in [3.05, 3.63) is 40.0 Å². The summed E-state index contributed by atoms with van der Waals surface area (Å²) in [6.07, 6.45) is 0. The van der Waals surface area contributed by atoms with Crippen LogP contribution in [-0.4, -0.2) is 16.1 Å². The Morgan fingerprint density at radius 1 is 1.47 bits per heavy atom. The van der Waals surface area contributed by atoms with Crippen molar-refractivity contribution in [3.63, 3.8) is 0 Å². The van der Waals surface area contributed by atoms with E-state index in [1.54, 1.807) is 6.92 Å². The number of hydrazine groups is 1. The lowest BCUT2D eigenvalue weighted by Crippen LogP contribution is -2.30. The van der Waals surface area contributed by atoms with Gasteiger partial charge in [0.25, 0.3) is 5.91 Å². The van der Waals surface area contributed by atoms with E-state index in [-0.39, 0.29) is 5.91 Å². The predicted molar refractivity (Wildman–Crippen MR) is 68.1 cm³/mol. The topological polar surface area (TPSA) is 83.8 Å². The van der Waals surface area contributed by atoms with Crippen LogP contribution < -0.4 is 11.3 Å². The minimum absolute atomic E-state index is 0.359. The summed E-state index contributed by atoms with van der Waals surface area (Å²) in [7, 11) is 0. The first kappa shape index (κ1) is 11.8. The second kappa shape index (κ2) is 4.68. The molecule has 17 heavy (non-hydrogen) atoms. The summed E-state index contributed by atoms with van der Waals surface area (Å²) in [6, 6.07) is 7.56. The molecule has 0 bridgehead atoms. The van der Waals surface area contributed by atoms with Crippen LogP contribution in [0.5, 0.6) is 0 Å². The van der Waals surface area contributed by atoms with Crippen LogP contribution in [0.4, 0.5) is 0 Å². The highest BCUT2D eigenvalue weighted by atomic mass is 79.9. The summed E-state index contributed by atoms with van der Waals surface area (Å²) in [5.74, 6) is 4.80. The maximum atomic E-state index is 11.7. The van der Waals surface area contributed by atoms with E-state index >= 15 is 0 Å². The molecule has 5 nitrogen and oxygen atoms in total. The van der Waals surface area contributed by atoms with E-state index in [0.717, 1.165) is 10.0 Å². The normalized spacial score (nSPS) is 10.3. The molecule has 0 saturated carbocycles. The molecule has 0 aliphatic heterocycles. The van der Waals surface area contributed by atoms with Crippen molar-refractivity contribution < 1.29 is 4.79 Å². The molecule has 1 aromatic carbocycles. The quantitative estimate of drug-likeness (QED) is 0.448. The summed E-state index contributed by atoms with van der Waals surface area (Å²) in [4.78, 5) is 11.7. The van der Waals surface area contributed by atoms with Crippen LogP contribution in [0.15, 0.2) is 28.7 Å². The van der Waals surface area contributed by atoms with Crippen molar-refractivity contribution in [2.75, 3.05) is 0 Å². The van der Waals surface area contributed by atoms with Crippen LogP contribution in [0.2, 0.25) is 0 Å². The van der Waals surface area contributed by atoms with E-state index in [0.29, 0.717) is 17.0 Å². The van der Waals surface area contributed by atoms with Gasteiger partial charge in [0.05, 0.1) is 5.56 Å². The number of nitrogens with two attached hydrogens (primary N) is 1. The van der Waals surface area contributed by atoms with Gasteiger partial charge in [-0.3, -0.25) is 15.3 Å². The van der Waals surface area contributed by atoms with Gasteiger partial charge in [-0.25, -0.2) is 5.84 Å². The lowest BCUT2D eigenvalue weighted by atomic mass is 10.1. The molecule has 88 valence electrons. The standard InChI is InChI=1S/C11H11BrN4O/c1-6-9(11(17)14-13)10(16-15-6)7-4-2-3-5-8(7)12/h2-5H,13H2,1H3,(H,14,17)(H,15,16). The smallest absolute Gasteiger partial charge is 0.269 e. The number of hydrogen-bond acceptors (Lipinski definition) is 3. The maximum absolute atomic E-state index is 11.7. The third kappa shape index (κ3) is 2.09. The highest BCUT2D eigenvalue weighted by Crippen LogP contribution is 2.29. The highest BCUT2D eigenvalue weighted by Gasteiger charge is 2.19. The second-order valence-electron chi connectivity index (χ2n) is 3.53. The lowest BCUT2D eigenvalue weighted by Gasteiger charge is -2.04. The number of hydrogen-bond donors (Lipinski definition) is 3. The molecule has 0 radical (unpaired) electrons. The predicted octanol–water partition coefficient (Wildman–Crippen LogP) is 1.75. The third-order valence-corrected chi connectivity index (χ3v) is 3.13. The van der Waals surface area contributed by atoms with E-state index in [2.05, 4.69) is 31.6 Å². The molecular weight excluding hydrogens is 284 g/mol. The number of amides is 1. The van der Waals surface area contributed by atoms with E-state index in [4.69, 9.17) is 5.84 Å². The molecule has 0 saturated heterocycles. The van der Waals surface area contributed by atoms with E-state index in [1.165, 1.54) is 0 Å². The largest absolute Gasteiger partial charge is 0.290 e. The van der Waals surface area contributed by atoms with Gasteiger partial charge in [-0.15, -0.1) is 0 Å². The van der Waals surface area contributed by atoms with E-state index in [1.807, 2.05) is 24.3 Å². The first-order valence-electron chi connectivity index (χ1n) is 4.96. The molecular formula is C11H11BrN4O. The molecule has 0 spiro atoms. The number of H-pyrrole nitrogens is 1. The Balaban J connectivity index is 2.61. The van der Waals surface area contributed by atoms with Crippen LogP contribution in [0.3, 0.4) is 0 Å². The highest BCUT2D eigenvalue weighted by molar-refractivity contribution is 9.10. The van der Waals surface area contributed by atoms with Crippen LogP contribution in [0, 0.1) is 6.92 Å². The van der Waals surface area contributed by atoms with Crippen LogP contribution in [-0.2, 0) is 0 Å². The van der Waals surface area contributed by atoms with Gasteiger partial charge in [0.2, 0.25) is 0 Å². The van der Waals surface area contributed by atoms with Gasteiger partial charge >= 0.3 is 0 Å². The molecule has 6 heteroatoms. The van der Waals surface area contributed by atoms with Crippen molar-refractivity contribution in [2.24, 2.45) is 5.84 Å². The first-order valence-corrected chi connectivity index (χ1v) is 5.75. The van der Waals surface area contributed by atoms with Crippen LogP contribution in [0.25, 0.3) is 11.3 Å². The Bertz CT molecular complexity index is 564. The number of aryl methyl sites for hydroxylation is 1. The fraction of sp³-hybridized carbons (Fsp3) is 0.0909. The number of aromatic amines is 1. The van der Waals surface area contributed by atoms with Crippen LogP contribution >= 0.6 is 15.9 Å². The Labute approximate surface area is 107 Å². The fourth-order valence-electron chi connectivity index (χ4n) is 1.63. The number of nitrogens with one attached hydrogen (secondary N) is 2. The first-order chi connectivity index (χ1) is 8.15. The van der Waals surface area contributed by atoms with Gasteiger partial charge in [0.15, 0.2) is 0 Å². The molecule has 2 aromatic rings. The zero-order valence-electron chi connectivity index (χ0n) is 9.12. The molecule has 0 unspecified atom stereocenters. The molecule has 1 aromatic heterocycles. The van der Waals surface area contributed by atoms with Crippen LogP contribution in [0.1, 0.15) is 16.1 Å². The van der Waals surface area contributed by atoms with E-state index < -0.39 is 0 Å². The van der Waals surface area contributed by atoms with Gasteiger partial charge in [0.1, 0.15) is 5.69 Å². The third-order valence-electron chi connectivity index (χ3n) is 2.43. The Hall–Kier alpha value is -1.66. The van der Waals surface area contributed by atoms with Gasteiger partial charge < -0.3 is 0 Å². The minimum atomic E-state index is -0.359. The van der Waals surface area contributed by atoms with Gasteiger partial charge in [-0.2, -0.15) is 5.10 Å². The number of benzene rings is 1. The molecule has 0 fully saturated rings. The summed E-state index contributed by atoms with van der Waals surface area (Å²) in [5, 5.41) is 6.94. The number of carbonyl (C=O) groups is 1. The summed E-state index contributed by atoms with van der Waals surface area (Å²) < 4.78 is 0.873. The minimum Gasteiger partial charge on any atom is -0.290 e. The van der Waals surface area contributed by atoms with Gasteiger partial charge in [-0.05, 0) is 13.0 Å². The van der Waals surface area contributed by atoms with E-state index in [9.17, 15) is 4.79 Å². The number of aromatic nitrogens is 2. The monoisotopic (exact) mass is 294 g/mol. The Morgan fingerprint density at radius 3 is 2.82 bits per heavy atom. The summed E-state index contributed by atoms with van der Waals surface area (Å²) >= 11 is 3.43. The lowest BCUT2D eigenvalue weighted by molar-refractivity contribution is 0.0954. The summed E-state index contributed by atoms with van der Waals surface area (Å²) in [5.41, 5.74) is 4.69. The zero-order chi connectivity index (χ0) is 12.4. The molecule has 4 N–H and O–H groups in total. The van der Waals surface area contributed by atoms with Gasteiger partial charge in [0, 0.05) is 15.7 Å². The van der Waals surface area contributed by atoms with Crippen molar-refractivity contribution >= 4 is 21.8 Å². The second-order valence-corrected chi connectivity index (χ2v) is 4.38. The molecule has 1 amide bonds. The zero-order valence-corrected chi connectivity index (χ0v) is 10.7. The Kier molecular flexibility index (Phi) is 3.26. The number of rotatable bonds is 2. The molecule has 0 aliphatic rings. The van der Waals surface area contributed by atoms with Crippen molar-refractivity contribution in [3.8, 4) is 11.3 Å². The number of nitrogens with zero attached hydrogens (tertiary/aromatic N) is 1. The average Bonchev–Trinajstić information content (AvgIpc) is 2.71. The van der Waals surface area contributed by atoms with Crippen molar-refractivity contribution in [2.45, 2.75) is 6.92 Å². The number of halogens is 1. The average molecular weight is 295 g/mol. The van der Waals surface area contributed by atoms with Gasteiger partial charge in [-0.1, -0.05) is 34.1 Å². The Morgan fingerprint density at radius 2 is 2.18 bits per heavy atom. The number of nitrogen functional groups attached to an aromatic ring is 1. The fourth-order valence-corrected chi connectivity index (χ4v) is 2.10. The number of carbonyl (C=O) groups excluding carboxylic acids is 1. The van der Waals surface area contributed by atoms with Crippen molar-refractivity contribution in [1.82, 2.24) is 15.6 Å². The molecule has 0 atom stereocenters. The molecule has 2 rings (SSSR count). The molecule has 1 heterocycles. The summed E-state index contributed by atoms with van der Waals surface area (Å²) in [6.45, 7) is 1.78. The van der Waals surface area contributed by atoms with Crippen molar-refractivity contribution in [1.29, 1.82) is 0 Å². The molecule has 0 aliphatic carbocycles. The SMILES string of the molecule is Cc1[nH]nc(-c2ccccc2Br)c1C(=O)NN. The maximum Gasteiger partial charge on any atom is 0.269 e.